The Labute approximate surface area is 137 Å². The van der Waals surface area contributed by atoms with Crippen LogP contribution < -0.4 is 0 Å². The highest BCUT2D eigenvalue weighted by atomic mass is 127. The molecule has 1 heterocycles. The smallest absolute Gasteiger partial charge is 0.260 e. The van der Waals surface area contributed by atoms with Gasteiger partial charge in [0.05, 0.1) is 5.02 Å². The Bertz CT molecular complexity index is 565. The van der Waals surface area contributed by atoms with Gasteiger partial charge in [0.25, 0.3) is 5.91 Å². The molecule has 0 spiro atoms. The second kappa shape index (κ2) is 5.64. The molecule has 5 heteroatoms. The molecule has 1 aromatic rings. The van der Waals surface area contributed by atoms with Gasteiger partial charge in [-0.2, -0.15) is 0 Å². The molecule has 3 nitrogen and oxygen atoms in total. The molecule has 1 atom stereocenters. The third-order valence-corrected chi connectivity index (χ3v) is 5.33. The number of carbonyl (C=O) groups excluding carboxylic acids is 2. The van der Waals surface area contributed by atoms with Crippen molar-refractivity contribution >= 4 is 46.0 Å². The minimum Gasteiger partial charge on any atom is -0.278 e. The monoisotopic (exact) mass is 405 g/mol. The molecule has 0 N–H and O–H groups in total. The van der Waals surface area contributed by atoms with Crippen LogP contribution in [0.5, 0.6) is 0 Å². The Morgan fingerprint density at radius 2 is 2.05 bits per heavy atom. The second-order valence-electron chi connectivity index (χ2n) is 6.21. The summed E-state index contributed by atoms with van der Waals surface area (Å²) in [5, 5.41) is 0.537. The second-order valence-corrected chi connectivity index (χ2v) is 7.77. The quantitative estimate of drug-likeness (QED) is 0.523. The van der Waals surface area contributed by atoms with Crippen LogP contribution in [-0.2, 0) is 4.79 Å². The van der Waals surface area contributed by atoms with Crippen LogP contribution in [0.25, 0.3) is 0 Å². The summed E-state index contributed by atoms with van der Waals surface area (Å²) >= 11 is 8.15. The Balaban J connectivity index is 2.21. The topological polar surface area (TPSA) is 37.4 Å². The first-order valence-corrected chi connectivity index (χ1v) is 7.95. The normalized spacial score (nSPS) is 19.6. The van der Waals surface area contributed by atoms with E-state index in [0.29, 0.717) is 23.6 Å². The van der Waals surface area contributed by atoms with Crippen molar-refractivity contribution in [3.8, 4) is 0 Å². The summed E-state index contributed by atoms with van der Waals surface area (Å²) in [6, 6.07) is 5.13. The van der Waals surface area contributed by atoms with E-state index in [1.54, 1.807) is 18.2 Å². The van der Waals surface area contributed by atoms with E-state index in [0.717, 1.165) is 3.57 Å². The van der Waals surface area contributed by atoms with Crippen LogP contribution >= 0.6 is 34.2 Å². The maximum absolute atomic E-state index is 12.4. The molecule has 0 radical (unpaired) electrons. The molecular weight excluding hydrogens is 389 g/mol. The van der Waals surface area contributed by atoms with Gasteiger partial charge in [-0.1, -0.05) is 32.4 Å². The minimum absolute atomic E-state index is 0.0222. The van der Waals surface area contributed by atoms with E-state index < -0.39 is 0 Å². The molecule has 1 aromatic carbocycles. The fourth-order valence-electron chi connectivity index (χ4n) is 2.27. The summed E-state index contributed by atoms with van der Waals surface area (Å²) in [5.74, 6) is -0.136. The molecule has 20 heavy (non-hydrogen) atoms. The Morgan fingerprint density at radius 3 is 2.55 bits per heavy atom. The number of halogens is 2. The Morgan fingerprint density at radius 1 is 1.40 bits per heavy atom. The van der Waals surface area contributed by atoms with Crippen LogP contribution in [0.3, 0.4) is 0 Å². The third kappa shape index (κ3) is 3.17. The van der Waals surface area contributed by atoms with Gasteiger partial charge in [0.2, 0.25) is 5.91 Å². The predicted octanol–water partition coefficient (Wildman–Crippen LogP) is 3.98. The number of benzene rings is 1. The van der Waals surface area contributed by atoms with Crippen molar-refractivity contribution in [2.75, 3.05) is 6.54 Å². The number of hydrogen-bond acceptors (Lipinski definition) is 2. The van der Waals surface area contributed by atoms with Gasteiger partial charge >= 0.3 is 0 Å². The van der Waals surface area contributed by atoms with Gasteiger partial charge in [-0.25, -0.2) is 0 Å². The zero-order chi connectivity index (χ0) is 15.1. The molecule has 108 valence electrons. The molecule has 0 bridgehead atoms. The zero-order valence-electron chi connectivity index (χ0n) is 11.7. The van der Waals surface area contributed by atoms with Crippen molar-refractivity contribution in [2.24, 2.45) is 11.3 Å². The molecule has 1 unspecified atom stereocenters. The maximum atomic E-state index is 12.4. The van der Waals surface area contributed by atoms with E-state index in [2.05, 4.69) is 43.4 Å². The summed E-state index contributed by atoms with van der Waals surface area (Å²) in [6.45, 7) is 6.78. The van der Waals surface area contributed by atoms with E-state index in [9.17, 15) is 9.59 Å². The standard InChI is InChI=1S/C15H17ClINO2/c1-15(2,3)10-7-13(19)18(8-10)14(20)9-4-5-12(17)11(16)6-9/h4-6,10H,7-8H2,1-3H3. The lowest BCUT2D eigenvalue weighted by atomic mass is 9.80. The fourth-order valence-corrected chi connectivity index (χ4v) is 2.78. The maximum Gasteiger partial charge on any atom is 0.260 e. The average molecular weight is 406 g/mol. The number of carbonyl (C=O) groups is 2. The summed E-state index contributed by atoms with van der Waals surface area (Å²) in [6.07, 6.45) is 0.438. The van der Waals surface area contributed by atoms with E-state index in [1.165, 1.54) is 4.90 Å². The minimum atomic E-state index is -0.250. The van der Waals surface area contributed by atoms with Gasteiger partial charge in [-0.3, -0.25) is 14.5 Å². The number of nitrogens with zero attached hydrogens (tertiary/aromatic N) is 1. The van der Waals surface area contributed by atoms with Crippen molar-refractivity contribution in [3.63, 3.8) is 0 Å². The number of likely N-dealkylation sites (tertiary alicyclic amines) is 1. The molecule has 1 fully saturated rings. The van der Waals surface area contributed by atoms with Crippen LogP contribution in [0, 0.1) is 14.9 Å². The Kier molecular flexibility index (Phi) is 4.44. The van der Waals surface area contributed by atoms with Crippen molar-refractivity contribution in [1.82, 2.24) is 4.90 Å². The molecule has 1 aliphatic heterocycles. The predicted molar refractivity (Wildman–Crippen MR) is 87.8 cm³/mol. The summed E-state index contributed by atoms with van der Waals surface area (Å²) in [4.78, 5) is 25.9. The van der Waals surface area contributed by atoms with E-state index in [1.807, 2.05) is 0 Å². The lowest BCUT2D eigenvalue weighted by Crippen LogP contribution is -2.33. The molecular formula is C15H17ClINO2. The van der Waals surface area contributed by atoms with Crippen LogP contribution in [0.15, 0.2) is 18.2 Å². The summed E-state index contributed by atoms with van der Waals surface area (Å²) < 4.78 is 0.890. The largest absolute Gasteiger partial charge is 0.278 e. The highest BCUT2D eigenvalue weighted by Crippen LogP contribution is 2.35. The summed E-state index contributed by atoms with van der Waals surface area (Å²) in [5.41, 5.74) is 0.493. The first kappa shape index (κ1) is 15.8. The number of imide groups is 1. The van der Waals surface area contributed by atoms with Crippen molar-refractivity contribution < 1.29 is 9.59 Å². The van der Waals surface area contributed by atoms with Gasteiger partial charge < -0.3 is 0 Å². The van der Waals surface area contributed by atoms with Crippen LogP contribution in [0.4, 0.5) is 0 Å². The molecule has 0 aromatic heterocycles. The lowest BCUT2D eigenvalue weighted by Gasteiger charge is -2.26. The van der Waals surface area contributed by atoms with E-state index in [4.69, 9.17) is 11.6 Å². The first-order valence-electron chi connectivity index (χ1n) is 6.50. The van der Waals surface area contributed by atoms with Crippen LogP contribution in [0.1, 0.15) is 37.6 Å². The Hall–Kier alpha value is -0.620. The number of hydrogen-bond donors (Lipinski definition) is 0. The third-order valence-electron chi connectivity index (χ3n) is 3.76. The zero-order valence-corrected chi connectivity index (χ0v) is 14.7. The van der Waals surface area contributed by atoms with Crippen molar-refractivity contribution in [2.45, 2.75) is 27.2 Å². The number of rotatable bonds is 1. The van der Waals surface area contributed by atoms with Gasteiger partial charge in [0.1, 0.15) is 0 Å². The van der Waals surface area contributed by atoms with Crippen molar-refractivity contribution in [3.05, 3.63) is 32.4 Å². The fraction of sp³-hybridized carbons (Fsp3) is 0.467. The SMILES string of the molecule is CC(C)(C)C1CC(=O)N(C(=O)c2ccc(I)c(Cl)c2)C1. The average Bonchev–Trinajstić information content (AvgIpc) is 2.74. The molecule has 1 aliphatic rings. The highest BCUT2D eigenvalue weighted by Gasteiger charge is 2.39. The van der Waals surface area contributed by atoms with Crippen molar-refractivity contribution in [1.29, 1.82) is 0 Å². The molecule has 0 saturated carbocycles. The first-order chi connectivity index (χ1) is 9.20. The molecule has 1 saturated heterocycles. The van der Waals surface area contributed by atoms with E-state index in [-0.39, 0.29) is 23.1 Å². The van der Waals surface area contributed by atoms with Gasteiger partial charge in [0, 0.05) is 22.1 Å². The highest BCUT2D eigenvalue weighted by molar-refractivity contribution is 14.1. The van der Waals surface area contributed by atoms with Crippen LogP contribution in [-0.4, -0.2) is 23.3 Å². The van der Waals surface area contributed by atoms with E-state index >= 15 is 0 Å². The summed E-state index contributed by atoms with van der Waals surface area (Å²) in [7, 11) is 0. The molecule has 2 amide bonds. The lowest BCUT2D eigenvalue weighted by molar-refractivity contribution is -0.125. The number of amides is 2. The molecule has 0 aliphatic carbocycles. The van der Waals surface area contributed by atoms with Crippen LogP contribution in [0.2, 0.25) is 5.02 Å². The van der Waals surface area contributed by atoms with Gasteiger partial charge in [-0.15, -0.1) is 0 Å². The van der Waals surface area contributed by atoms with Gasteiger partial charge in [-0.05, 0) is 52.1 Å². The molecule has 2 rings (SSSR count). The van der Waals surface area contributed by atoms with Gasteiger partial charge in [0.15, 0.2) is 0 Å².